The number of fused-ring (bicyclic) bond motifs is 1. The maximum atomic E-state index is 12.8. The monoisotopic (exact) mass is 488 g/mol. The number of aliphatic carboxylic acids is 1. The van der Waals surface area contributed by atoms with Crippen molar-refractivity contribution in [1.82, 2.24) is 30.3 Å². The number of rotatable bonds is 9. The molecule has 10 nitrogen and oxygen atoms in total. The number of imidazole rings is 1. The molecule has 0 bridgehead atoms. The fraction of sp³-hybridized carbons (Fsp3) is 0.346. The molecule has 5 rings (SSSR count). The number of benzene rings is 2. The highest BCUT2D eigenvalue weighted by atomic mass is 16.5. The molecule has 2 heterocycles. The summed E-state index contributed by atoms with van der Waals surface area (Å²) in [6, 6.07) is 16.2. The number of ether oxygens (including phenoxy) is 1. The molecule has 3 N–H and O–H groups in total. The van der Waals surface area contributed by atoms with Gasteiger partial charge in [0, 0.05) is 18.0 Å². The summed E-state index contributed by atoms with van der Waals surface area (Å²) in [6.45, 7) is 0.240. The fourth-order valence-electron chi connectivity index (χ4n) is 4.61. The van der Waals surface area contributed by atoms with Crippen LogP contribution in [-0.4, -0.2) is 48.6 Å². The van der Waals surface area contributed by atoms with Crippen LogP contribution in [0.4, 0.5) is 0 Å². The van der Waals surface area contributed by atoms with E-state index in [2.05, 4.69) is 25.6 Å². The summed E-state index contributed by atoms with van der Waals surface area (Å²) in [7, 11) is 0. The molecule has 0 aliphatic heterocycles. The van der Waals surface area contributed by atoms with Gasteiger partial charge in [0.15, 0.2) is 0 Å². The third-order valence-electron chi connectivity index (χ3n) is 6.56. The minimum Gasteiger partial charge on any atom is -0.480 e. The lowest BCUT2D eigenvalue weighted by atomic mass is 9.85. The first-order valence-corrected chi connectivity index (χ1v) is 12.1. The van der Waals surface area contributed by atoms with Crippen molar-refractivity contribution < 1.29 is 19.4 Å². The minimum atomic E-state index is -1.02. The average molecular weight is 489 g/mol. The number of para-hydroxylation sites is 2. The average Bonchev–Trinajstić information content (AvgIpc) is 3.55. The molecule has 1 aliphatic rings. The van der Waals surface area contributed by atoms with Crippen molar-refractivity contribution in [2.45, 2.75) is 44.9 Å². The third kappa shape index (κ3) is 5.60. The van der Waals surface area contributed by atoms with E-state index in [-0.39, 0.29) is 31.1 Å². The number of carboxylic acids is 1. The number of nitrogens with zero attached hydrogens (tertiary/aromatic N) is 4. The van der Waals surface area contributed by atoms with Crippen molar-refractivity contribution in [2.24, 2.45) is 5.92 Å². The number of amides is 1. The van der Waals surface area contributed by atoms with E-state index in [4.69, 9.17) is 9.84 Å². The van der Waals surface area contributed by atoms with Gasteiger partial charge in [-0.05, 0) is 43.4 Å². The first kappa shape index (κ1) is 23.7. The Morgan fingerprint density at radius 3 is 2.61 bits per heavy atom. The van der Waals surface area contributed by atoms with Gasteiger partial charge in [0.25, 0.3) is 0 Å². The van der Waals surface area contributed by atoms with Gasteiger partial charge < -0.3 is 20.1 Å². The number of carbonyl (C=O) groups excluding carboxylic acids is 1. The molecule has 0 saturated heterocycles. The smallest absolute Gasteiger partial charge is 0.329 e. The summed E-state index contributed by atoms with van der Waals surface area (Å²) in [4.78, 5) is 31.3. The summed E-state index contributed by atoms with van der Waals surface area (Å²) < 4.78 is 6.86. The number of nitrogens with one attached hydrogen (secondary N) is 2. The van der Waals surface area contributed by atoms with Gasteiger partial charge in [-0.15, -0.1) is 5.10 Å². The summed E-state index contributed by atoms with van der Waals surface area (Å²) in [5, 5.41) is 19.9. The van der Waals surface area contributed by atoms with Crippen molar-refractivity contribution in [2.75, 3.05) is 6.61 Å². The van der Waals surface area contributed by atoms with Crippen molar-refractivity contribution in [1.29, 1.82) is 0 Å². The van der Waals surface area contributed by atoms with Crippen molar-refractivity contribution in [3.05, 3.63) is 66.0 Å². The highest BCUT2D eigenvalue weighted by molar-refractivity contribution is 5.79. The van der Waals surface area contributed by atoms with Gasteiger partial charge in [-0.25, -0.2) is 14.5 Å². The van der Waals surface area contributed by atoms with E-state index in [9.17, 15) is 9.59 Å². The zero-order valence-electron chi connectivity index (χ0n) is 19.8. The van der Waals surface area contributed by atoms with Gasteiger partial charge in [0.05, 0.1) is 29.9 Å². The molecule has 0 spiro atoms. The van der Waals surface area contributed by atoms with Crippen molar-refractivity contribution in [3.63, 3.8) is 0 Å². The minimum absolute atomic E-state index is 0.0158. The van der Waals surface area contributed by atoms with Gasteiger partial charge in [-0.2, -0.15) is 0 Å². The van der Waals surface area contributed by atoms with E-state index in [1.165, 1.54) is 0 Å². The highest BCUT2D eigenvalue weighted by Gasteiger charge is 2.27. The summed E-state index contributed by atoms with van der Waals surface area (Å²) in [6.07, 6.45) is 5.03. The second-order valence-corrected chi connectivity index (χ2v) is 9.10. The van der Waals surface area contributed by atoms with Crippen LogP contribution in [0.25, 0.3) is 22.4 Å². The molecule has 10 heteroatoms. The second-order valence-electron chi connectivity index (χ2n) is 9.10. The van der Waals surface area contributed by atoms with Crippen LogP contribution in [0.2, 0.25) is 0 Å². The quantitative estimate of drug-likeness (QED) is 0.328. The Hall–Kier alpha value is -4.05. The molecule has 1 fully saturated rings. The first-order chi connectivity index (χ1) is 17.5. The molecule has 4 aromatic rings. The van der Waals surface area contributed by atoms with E-state index in [1.54, 1.807) is 10.9 Å². The Balaban J connectivity index is 1.08. The Labute approximate surface area is 207 Å². The topological polar surface area (TPSA) is 135 Å². The van der Waals surface area contributed by atoms with E-state index < -0.39 is 5.97 Å². The lowest BCUT2D eigenvalue weighted by Crippen LogP contribution is -2.33. The number of carbonyl (C=O) groups is 2. The number of H-pyrrole nitrogens is 1. The number of carboxylic acid groups (broad SMARTS) is 1. The predicted molar refractivity (Wildman–Crippen MR) is 132 cm³/mol. The van der Waals surface area contributed by atoms with Gasteiger partial charge >= 0.3 is 5.97 Å². The zero-order chi connectivity index (χ0) is 24.9. The molecular formula is C26H28N6O4. The molecule has 0 atom stereocenters. The van der Waals surface area contributed by atoms with Gasteiger partial charge in [0.1, 0.15) is 18.1 Å². The number of hydrogen-bond acceptors (Lipinski definition) is 6. The molecule has 36 heavy (non-hydrogen) atoms. The zero-order valence-corrected chi connectivity index (χ0v) is 19.8. The summed E-state index contributed by atoms with van der Waals surface area (Å²) >= 11 is 0. The molecule has 2 aromatic heterocycles. The van der Waals surface area contributed by atoms with Crippen LogP contribution in [0.3, 0.4) is 0 Å². The van der Waals surface area contributed by atoms with Gasteiger partial charge in [0.2, 0.25) is 5.91 Å². The Kier molecular flexibility index (Phi) is 7.03. The molecular weight excluding hydrogens is 460 g/mol. The van der Waals surface area contributed by atoms with Crippen LogP contribution in [0, 0.1) is 5.92 Å². The second kappa shape index (κ2) is 10.7. The molecule has 186 valence electrons. The Morgan fingerprint density at radius 2 is 1.86 bits per heavy atom. The van der Waals surface area contributed by atoms with Crippen LogP contribution in [0.15, 0.2) is 54.7 Å². The van der Waals surface area contributed by atoms with E-state index in [0.717, 1.165) is 53.7 Å². The summed E-state index contributed by atoms with van der Waals surface area (Å²) in [5.74, 6) is -0.122. The molecule has 1 saturated carbocycles. The van der Waals surface area contributed by atoms with Gasteiger partial charge in [-0.1, -0.05) is 41.6 Å². The van der Waals surface area contributed by atoms with E-state index in [0.29, 0.717) is 12.2 Å². The van der Waals surface area contributed by atoms with Crippen LogP contribution in [0.1, 0.15) is 43.0 Å². The Morgan fingerprint density at radius 1 is 1.08 bits per heavy atom. The summed E-state index contributed by atoms with van der Waals surface area (Å²) in [5.41, 5.74) is 4.59. The maximum Gasteiger partial charge on any atom is 0.329 e. The fourth-order valence-corrected chi connectivity index (χ4v) is 4.61. The lowest BCUT2D eigenvalue weighted by molar-refractivity contribution is -0.142. The first-order valence-electron chi connectivity index (χ1n) is 12.1. The van der Waals surface area contributed by atoms with Crippen molar-refractivity contribution in [3.8, 4) is 11.4 Å². The predicted octanol–water partition coefficient (Wildman–Crippen LogP) is 3.47. The molecule has 1 aliphatic carbocycles. The normalized spacial score (nSPS) is 17.8. The standard InChI is InChI=1S/C26H28N6O4/c33-24(34)16-36-15-20-14-32(31-30-20)21-11-9-19(10-12-21)26(35)27-13-17-5-7-18(8-6-17)25-28-22-3-1-2-4-23(22)29-25/h1-8,14,19,21H,9-13,15-16H2,(H,27,35)(H,28,29)(H,33,34). The van der Waals surface area contributed by atoms with Crippen LogP contribution in [-0.2, 0) is 27.5 Å². The van der Waals surface area contributed by atoms with Crippen LogP contribution >= 0.6 is 0 Å². The Bertz CT molecular complexity index is 1300. The molecule has 0 radical (unpaired) electrons. The SMILES string of the molecule is O=C(O)COCc1cn(C2CCC(C(=O)NCc3ccc(-c4nc5ccccc5[nH]4)cc3)CC2)nn1. The highest BCUT2D eigenvalue weighted by Crippen LogP contribution is 2.32. The third-order valence-corrected chi connectivity index (χ3v) is 6.56. The van der Waals surface area contributed by atoms with Gasteiger partial charge in [-0.3, -0.25) is 4.79 Å². The maximum absolute atomic E-state index is 12.8. The number of hydrogen-bond donors (Lipinski definition) is 3. The van der Waals surface area contributed by atoms with E-state index in [1.807, 2.05) is 48.5 Å². The van der Waals surface area contributed by atoms with E-state index >= 15 is 0 Å². The molecule has 1 amide bonds. The number of aromatic nitrogens is 5. The lowest BCUT2D eigenvalue weighted by Gasteiger charge is -2.27. The number of aromatic amines is 1. The molecule has 0 unspecified atom stereocenters. The largest absolute Gasteiger partial charge is 0.480 e. The van der Waals surface area contributed by atoms with Crippen molar-refractivity contribution >= 4 is 22.9 Å². The van der Waals surface area contributed by atoms with Crippen LogP contribution in [0.5, 0.6) is 0 Å². The van der Waals surface area contributed by atoms with Crippen LogP contribution < -0.4 is 5.32 Å². The molecule has 2 aromatic carbocycles.